The highest BCUT2D eigenvalue weighted by Gasteiger charge is 2.62. The number of aliphatic carboxylic acids is 1. The molecule has 0 aliphatic heterocycles. The van der Waals surface area contributed by atoms with Crippen LogP contribution in [0.1, 0.15) is 17.5 Å². The molecule has 4 aliphatic rings. The molecule has 23 heavy (non-hydrogen) atoms. The third-order valence-corrected chi connectivity index (χ3v) is 6.01. The fourth-order valence-electron chi connectivity index (χ4n) is 4.61. The zero-order chi connectivity index (χ0) is 16.3. The Labute approximate surface area is 135 Å². The Balaban J connectivity index is 1.60. The van der Waals surface area contributed by atoms with Crippen LogP contribution in [0.25, 0.3) is 0 Å². The maximum absolute atomic E-state index is 12.8. The van der Waals surface area contributed by atoms with Gasteiger partial charge in [-0.15, -0.1) is 0 Å². The van der Waals surface area contributed by atoms with Gasteiger partial charge in [0.1, 0.15) is 0 Å². The molecule has 0 radical (unpaired) electrons. The van der Waals surface area contributed by atoms with E-state index in [2.05, 4.69) is 11.4 Å². The predicted molar refractivity (Wildman–Crippen MR) is 86.9 cm³/mol. The Morgan fingerprint density at radius 1 is 1.04 bits per heavy atom. The Hall–Kier alpha value is -2.10. The van der Waals surface area contributed by atoms with Crippen molar-refractivity contribution in [3.05, 3.63) is 41.5 Å². The molecule has 120 valence electrons. The molecule has 1 aromatic carbocycles. The van der Waals surface area contributed by atoms with Gasteiger partial charge in [0.2, 0.25) is 5.91 Å². The molecule has 0 unspecified atom stereocenters. The van der Waals surface area contributed by atoms with Gasteiger partial charge in [-0.25, -0.2) is 0 Å². The lowest BCUT2D eigenvalue weighted by Gasteiger charge is -2.41. The molecule has 2 saturated carbocycles. The van der Waals surface area contributed by atoms with Crippen LogP contribution in [0.3, 0.4) is 0 Å². The lowest BCUT2D eigenvalue weighted by atomic mass is 9.62. The molecule has 4 nitrogen and oxygen atoms in total. The minimum absolute atomic E-state index is 0.0259. The largest absolute Gasteiger partial charge is 0.481 e. The van der Waals surface area contributed by atoms with E-state index in [4.69, 9.17) is 0 Å². The first-order chi connectivity index (χ1) is 11.0. The Kier molecular flexibility index (Phi) is 3.12. The topological polar surface area (TPSA) is 66.4 Å². The van der Waals surface area contributed by atoms with E-state index in [9.17, 15) is 14.7 Å². The van der Waals surface area contributed by atoms with Crippen LogP contribution in [0.4, 0.5) is 5.69 Å². The minimum atomic E-state index is -0.838. The molecular weight excluding hydrogens is 290 g/mol. The summed E-state index contributed by atoms with van der Waals surface area (Å²) in [6.45, 7) is 4.03. The second-order valence-electron chi connectivity index (χ2n) is 7.28. The minimum Gasteiger partial charge on any atom is -0.481 e. The van der Waals surface area contributed by atoms with Crippen LogP contribution >= 0.6 is 0 Å². The number of nitrogens with one attached hydrogen (secondary N) is 1. The quantitative estimate of drug-likeness (QED) is 0.843. The van der Waals surface area contributed by atoms with Gasteiger partial charge in [-0.1, -0.05) is 18.2 Å². The second-order valence-corrected chi connectivity index (χ2v) is 7.28. The highest BCUT2D eigenvalue weighted by Crippen LogP contribution is 2.63. The van der Waals surface area contributed by atoms with Gasteiger partial charge < -0.3 is 10.4 Å². The molecule has 2 fully saturated rings. The van der Waals surface area contributed by atoms with Crippen LogP contribution in [0.15, 0.2) is 30.4 Å². The maximum Gasteiger partial charge on any atom is 0.307 e. The summed E-state index contributed by atoms with van der Waals surface area (Å²) in [6.07, 6.45) is 5.19. The predicted octanol–water partition coefficient (Wildman–Crippen LogP) is 3.01. The number of anilines is 1. The first kappa shape index (κ1) is 14.5. The van der Waals surface area contributed by atoms with Crippen molar-refractivity contribution in [2.75, 3.05) is 5.32 Å². The van der Waals surface area contributed by atoms with Crippen LogP contribution in [0, 0.1) is 49.4 Å². The summed E-state index contributed by atoms with van der Waals surface area (Å²) in [5.74, 6) is -0.919. The van der Waals surface area contributed by atoms with E-state index in [1.54, 1.807) is 0 Å². The SMILES string of the molecule is Cc1ccc(NC(=O)[C@@H]2[C@@H]3C=C[C@H]([C@H]4C[C@H]34)[C@@H]2C(=O)O)cc1C. The Morgan fingerprint density at radius 3 is 2.30 bits per heavy atom. The molecule has 1 aromatic rings. The van der Waals surface area contributed by atoms with E-state index in [-0.39, 0.29) is 17.7 Å². The lowest BCUT2D eigenvalue weighted by molar-refractivity contribution is -0.152. The van der Waals surface area contributed by atoms with Gasteiger partial charge in [0, 0.05) is 5.69 Å². The summed E-state index contributed by atoms with van der Waals surface area (Å²) in [6, 6.07) is 5.80. The number of benzene rings is 1. The molecule has 0 heterocycles. The number of carboxylic acids is 1. The van der Waals surface area contributed by atoms with Gasteiger partial charge in [-0.3, -0.25) is 9.59 Å². The van der Waals surface area contributed by atoms with Gasteiger partial charge >= 0.3 is 5.97 Å². The van der Waals surface area contributed by atoms with Gasteiger partial charge in [-0.2, -0.15) is 0 Å². The first-order valence-corrected chi connectivity index (χ1v) is 8.26. The highest BCUT2D eigenvalue weighted by atomic mass is 16.4. The summed E-state index contributed by atoms with van der Waals surface area (Å²) in [4.78, 5) is 24.6. The van der Waals surface area contributed by atoms with E-state index in [1.165, 1.54) is 5.56 Å². The molecule has 2 bridgehead atoms. The standard InChI is InChI=1S/C19H21NO3/c1-9-3-4-11(7-10(9)2)20-18(21)16-12-5-6-13(15-8-14(12)15)17(16)19(22)23/h3-7,12-17H,8H2,1-2H3,(H,20,21)(H,22,23)/t12-,13-,14-,15-,16-,17+/m1/s1. The van der Waals surface area contributed by atoms with Crippen molar-refractivity contribution >= 4 is 17.6 Å². The van der Waals surface area contributed by atoms with E-state index in [0.29, 0.717) is 11.8 Å². The van der Waals surface area contributed by atoms with E-state index in [0.717, 1.165) is 17.7 Å². The van der Waals surface area contributed by atoms with Crippen molar-refractivity contribution in [2.45, 2.75) is 20.3 Å². The lowest BCUT2D eigenvalue weighted by Crippen LogP contribution is -2.48. The molecule has 0 saturated heterocycles. The van der Waals surface area contributed by atoms with Crippen LogP contribution in [0.2, 0.25) is 0 Å². The highest BCUT2D eigenvalue weighted by molar-refractivity contribution is 5.96. The number of fused-ring (bicyclic) bond motifs is 1. The average Bonchev–Trinajstić information content (AvgIpc) is 3.32. The average molecular weight is 311 g/mol. The fraction of sp³-hybridized carbons (Fsp3) is 0.474. The zero-order valence-corrected chi connectivity index (χ0v) is 13.3. The number of hydrogen-bond donors (Lipinski definition) is 2. The molecule has 1 amide bonds. The summed E-state index contributed by atoms with van der Waals surface area (Å²) in [5.41, 5.74) is 3.04. The van der Waals surface area contributed by atoms with Crippen LogP contribution < -0.4 is 5.32 Å². The van der Waals surface area contributed by atoms with Crippen molar-refractivity contribution in [3.63, 3.8) is 0 Å². The van der Waals surface area contributed by atoms with Crippen LogP contribution in [-0.2, 0) is 9.59 Å². The van der Waals surface area contributed by atoms with Crippen molar-refractivity contribution in [3.8, 4) is 0 Å². The summed E-state index contributed by atoms with van der Waals surface area (Å²) in [7, 11) is 0. The normalized spacial score (nSPS) is 36.4. The van der Waals surface area contributed by atoms with E-state index < -0.39 is 17.8 Å². The number of carboxylic acid groups (broad SMARTS) is 1. The van der Waals surface area contributed by atoms with Gasteiger partial charge in [0.25, 0.3) is 0 Å². The third-order valence-electron chi connectivity index (χ3n) is 6.01. The molecule has 6 atom stereocenters. The van der Waals surface area contributed by atoms with Crippen molar-refractivity contribution in [2.24, 2.45) is 35.5 Å². The van der Waals surface area contributed by atoms with Gasteiger partial charge in [0.05, 0.1) is 11.8 Å². The fourth-order valence-corrected chi connectivity index (χ4v) is 4.61. The number of allylic oxidation sites excluding steroid dienone is 2. The van der Waals surface area contributed by atoms with Crippen molar-refractivity contribution in [1.82, 2.24) is 0 Å². The summed E-state index contributed by atoms with van der Waals surface area (Å²) >= 11 is 0. The van der Waals surface area contributed by atoms with Gasteiger partial charge in [0.15, 0.2) is 0 Å². The molecular formula is C19H21NO3. The molecule has 4 aliphatic carbocycles. The smallest absolute Gasteiger partial charge is 0.307 e. The zero-order valence-electron chi connectivity index (χ0n) is 13.3. The number of carbonyl (C=O) groups is 2. The third kappa shape index (κ3) is 2.19. The van der Waals surface area contributed by atoms with Crippen LogP contribution in [-0.4, -0.2) is 17.0 Å². The number of carbonyl (C=O) groups excluding carboxylic acids is 1. The first-order valence-electron chi connectivity index (χ1n) is 8.26. The Bertz CT molecular complexity index is 723. The molecule has 4 heteroatoms. The number of rotatable bonds is 3. The van der Waals surface area contributed by atoms with E-state index in [1.807, 2.05) is 38.1 Å². The molecule has 5 rings (SSSR count). The van der Waals surface area contributed by atoms with Gasteiger partial charge in [-0.05, 0) is 67.2 Å². The number of aryl methyl sites for hydroxylation is 2. The second kappa shape index (κ2) is 4.95. The summed E-state index contributed by atoms with van der Waals surface area (Å²) < 4.78 is 0. The van der Waals surface area contributed by atoms with Crippen LogP contribution in [0.5, 0.6) is 0 Å². The maximum atomic E-state index is 12.8. The van der Waals surface area contributed by atoms with Crippen molar-refractivity contribution < 1.29 is 14.7 Å². The number of hydrogen-bond acceptors (Lipinski definition) is 2. The monoisotopic (exact) mass is 311 g/mol. The Morgan fingerprint density at radius 2 is 1.70 bits per heavy atom. The summed E-state index contributed by atoms with van der Waals surface area (Å²) in [5, 5.41) is 12.6. The molecule has 0 spiro atoms. The molecule has 2 N–H and O–H groups in total. The van der Waals surface area contributed by atoms with Crippen molar-refractivity contribution in [1.29, 1.82) is 0 Å². The molecule has 0 aromatic heterocycles. The van der Waals surface area contributed by atoms with E-state index >= 15 is 0 Å². The number of amides is 1.